The summed E-state index contributed by atoms with van der Waals surface area (Å²) in [6.45, 7) is 7.08. The number of nitrogens with zero attached hydrogens (tertiary/aromatic N) is 4. The van der Waals surface area contributed by atoms with Crippen molar-refractivity contribution in [1.29, 1.82) is 0 Å². The van der Waals surface area contributed by atoms with Crippen LogP contribution in [0.2, 0.25) is 0 Å². The van der Waals surface area contributed by atoms with Gasteiger partial charge in [0.2, 0.25) is 0 Å². The lowest BCUT2D eigenvalue weighted by Gasteiger charge is -2.45. The maximum Gasteiger partial charge on any atom is 0.263 e. The zero-order chi connectivity index (χ0) is 27.3. The highest BCUT2D eigenvalue weighted by Gasteiger charge is 2.44. The van der Waals surface area contributed by atoms with Crippen LogP contribution in [-0.2, 0) is 5.41 Å². The molecule has 208 valence electrons. The molecule has 1 amide bonds. The van der Waals surface area contributed by atoms with Gasteiger partial charge in [-0.05, 0) is 101 Å². The Kier molecular flexibility index (Phi) is 6.79. The van der Waals surface area contributed by atoms with Crippen molar-refractivity contribution in [2.24, 2.45) is 0 Å². The van der Waals surface area contributed by atoms with E-state index in [1.165, 1.54) is 48.1 Å². The van der Waals surface area contributed by atoms with Crippen LogP contribution in [0, 0.1) is 13.8 Å². The highest BCUT2D eigenvalue weighted by molar-refractivity contribution is 7.13. The number of likely N-dealkylation sites (tertiary alicyclic amines) is 1. The summed E-state index contributed by atoms with van der Waals surface area (Å²) in [6.07, 6.45) is 8.32. The van der Waals surface area contributed by atoms with Crippen LogP contribution < -0.4 is 0 Å². The second-order valence-corrected chi connectivity index (χ2v) is 13.7. The smallest absolute Gasteiger partial charge is 0.263 e. The van der Waals surface area contributed by atoms with E-state index >= 15 is 0 Å². The molecule has 0 saturated carbocycles. The van der Waals surface area contributed by atoms with E-state index in [2.05, 4.69) is 88.9 Å². The number of imidazole rings is 1. The van der Waals surface area contributed by atoms with Gasteiger partial charge >= 0.3 is 0 Å². The number of aryl methyl sites for hydroxylation is 2. The minimum Gasteiger partial charge on any atom is -0.338 e. The summed E-state index contributed by atoms with van der Waals surface area (Å²) in [5.41, 5.74) is 4.01. The predicted octanol–water partition coefficient (Wildman–Crippen LogP) is 7.15. The molecule has 1 unspecified atom stereocenters. The molecular formula is C34H40N4OS. The molecule has 7 rings (SSSR count). The first-order valence-corrected chi connectivity index (χ1v) is 15.9. The molecule has 3 aliphatic heterocycles. The summed E-state index contributed by atoms with van der Waals surface area (Å²) in [5.74, 6) is 1.36. The molecule has 2 aromatic heterocycles. The number of fused-ring (bicyclic) bond motifs is 3. The van der Waals surface area contributed by atoms with Crippen LogP contribution in [0.1, 0.15) is 76.9 Å². The third-order valence-corrected chi connectivity index (χ3v) is 11.2. The molecule has 0 N–H and O–H groups in total. The van der Waals surface area contributed by atoms with E-state index in [9.17, 15) is 4.79 Å². The highest BCUT2D eigenvalue weighted by Crippen LogP contribution is 2.45. The Morgan fingerprint density at radius 1 is 0.900 bits per heavy atom. The van der Waals surface area contributed by atoms with Crippen LogP contribution in [0.5, 0.6) is 0 Å². The number of carbonyl (C=O) groups is 1. The van der Waals surface area contributed by atoms with Gasteiger partial charge in [-0.25, -0.2) is 4.98 Å². The average Bonchev–Trinajstić information content (AvgIpc) is 3.64. The topological polar surface area (TPSA) is 41.4 Å². The monoisotopic (exact) mass is 552 g/mol. The van der Waals surface area contributed by atoms with E-state index in [4.69, 9.17) is 4.98 Å². The minimum absolute atomic E-state index is 0.136. The third-order valence-electron chi connectivity index (χ3n) is 10.2. The number of amides is 1. The molecule has 4 aromatic rings. The fraction of sp³-hybridized carbons (Fsp3) is 0.471. The van der Waals surface area contributed by atoms with E-state index in [0.29, 0.717) is 18.1 Å². The van der Waals surface area contributed by atoms with Crippen molar-refractivity contribution in [2.75, 3.05) is 19.6 Å². The van der Waals surface area contributed by atoms with Crippen molar-refractivity contribution < 1.29 is 4.79 Å². The Labute approximate surface area is 241 Å². The average molecular weight is 553 g/mol. The Bertz CT molecular complexity index is 1480. The summed E-state index contributed by atoms with van der Waals surface area (Å²) in [4.78, 5) is 25.1. The lowest BCUT2D eigenvalue weighted by atomic mass is 9.70. The zero-order valence-electron chi connectivity index (χ0n) is 23.8. The number of piperidine rings is 2. The van der Waals surface area contributed by atoms with Crippen LogP contribution in [0.15, 0.2) is 66.7 Å². The van der Waals surface area contributed by atoms with Gasteiger partial charge in [-0.15, -0.1) is 11.3 Å². The normalized spacial score (nSPS) is 24.6. The van der Waals surface area contributed by atoms with Gasteiger partial charge in [0.1, 0.15) is 5.82 Å². The van der Waals surface area contributed by atoms with Gasteiger partial charge in [-0.2, -0.15) is 0 Å². The fourth-order valence-corrected chi connectivity index (χ4v) is 8.94. The van der Waals surface area contributed by atoms with Crippen LogP contribution in [-0.4, -0.2) is 57.0 Å². The van der Waals surface area contributed by atoms with Gasteiger partial charge < -0.3 is 9.47 Å². The molecule has 0 radical (unpaired) electrons. The molecule has 3 fully saturated rings. The van der Waals surface area contributed by atoms with Crippen molar-refractivity contribution in [3.8, 4) is 0 Å². The van der Waals surface area contributed by atoms with Crippen LogP contribution in [0.25, 0.3) is 11.0 Å². The van der Waals surface area contributed by atoms with Crippen LogP contribution in [0.4, 0.5) is 0 Å². The second-order valence-electron chi connectivity index (χ2n) is 12.4. The lowest BCUT2D eigenvalue weighted by molar-refractivity contribution is 0.0611. The molecule has 5 nitrogen and oxygen atoms in total. The molecule has 3 saturated heterocycles. The first-order valence-electron chi connectivity index (χ1n) is 15.1. The van der Waals surface area contributed by atoms with Crippen molar-refractivity contribution in [3.05, 3.63) is 87.9 Å². The number of para-hydroxylation sites is 2. The zero-order valence-corrected chi connectivity index (χ0v) is 24.6. The largest absolute Gasteiger partial charge is 0.338 e. The van der Waals surface area contributed by atoms with Crippen molar-refractivity contribution >= 4 is 28.3 Å². The number of hydrogen-bond acceptors (Lipinski definition) is 4. The van der Waals surface area contributed by atoms with Crippen molar-refractivity contribution in [3.63, 3.8) is 0 Å². The molecule has 5 heterocycles. The Morgan fingerprint density at radius 3 is 2.30 bits per heavy atom. The first-order chi connectivity index (χ1) is 19.5. The Morgan fingerprint density at radius 2 is 1.60 bits per heavy atom. The standard InChI is InChI=1S/C34H40N4OS/c1-24-12-15-32(40-24)33(39)36-19-16-34(17-20-36,26-8-4-3-5-9-26)18-21-37-27-13-14-28(37)23-29(22-27)38-25(2)35-30-10-6-7-11-31(30)38/h3-12,15,27-29H,13-14,16-23H2,1-2H3/t27-,28+,29?. The number of thiophene rings is 1. The van der Waals surface area contributed by atoms with Gasteiger partial charge in [0.25, 0.3) is 5.91 Å². The van der Waals surface area contributed by atoms with E-state index in [-0.39, 0.29) is 11.3 Å². The molecule has 0 aliphatic carbocycles. The summed E-state index contributed by atoms with van der Waals surface area (Å²) in [7, 11) is 0. The molecular weight excluding hydrogens is 512 g/mol. The van der Waals surface area contributed by atoms with Gasteiger partial charge in [0, 0.05) is 36.1 Å². The summed E-state index contributed by atoms with van der Waals surface area (Å²) in [6, 6.07) is 25.7. The number of aromatic nitrogens is 2. The number of carbonyl (C=O) groups excluding carboxylic acids is 1. The van der Waals surface area contributed by atoms with E-state index in [0.717, 1.165) is 48.7 Å². The van der Waals surface area contributed by atoms with E-state index < -0.39 is 0 Å². The minimum atomic E-state index is 0.136. The summed E-state index contributed by atoms with van der Waals surface area (Å²) >= 11 is 1.62. The molecule has 2 bridgehead atoms. The number of benzene rings is 2. The quantitative estimate of drug-likeness (QED) is 0.255. The summed E-state index contributed by atoms with van der Waals surface area (Å²) < 4.78 is 2.53. The maximum atomic E-state index is 13.2. The fourth-order valence-electron chi connectivity index (χ4n) is 8.11. The SMILES string of the molecule is Cc1ccc(C(=O)N2CCC(CCN3[C@@H]4CC[C@H]3CC(n3c(C)nc5ccccc53)C4)(c3ccccc3)CC2)s1. The summed E-state index contributed by atoms with van der Waals surface area (Å²) in [5, 5.41) is 0. The van der Waals surface area contributed by atoms with Crippen molar-refractivity contribution in [1.82, 2.24) is 19.4 Å². The highest BCUT2D eigenvalue weighted by atomic mass is 32.1. The van der Waals surface area contributed by atoms with Crippen LogP contribution in [0.3, 0.4) is 0 Å². The third kappa shape index (κ3) is 4.59. The Hall–Kier alpha value is -2.96. The first kappa shape index (κ1) is 26.0. The van der Waals surface area contributed by atoms with Gasteiger partial charge in [0.15, 0.2) is 0 Å². The molecule has 3 atom stereocenters. The van der Waals surface area contributed by atoms with Crippen molar-refractivity contribution in [2.45, 2.75) is 82.3 Å². The molecule has 40 heavy (non-hydrogen) atoms. The van der Waals surface area contributed by atoms with E-state index in [1.54, 1.807) is 11.3 Å². The second kappa shape index (κ2) is 10.5. The lowest BCUT2D eigenvalue weighted by Crippen LogP contribution is -2.49. The predicted molar refractivity (Wildman–Crippen MR) is 163 cm³/mol. The molecule has 6 heteroatoms. The maximum absolute atomic E-state index is 13.2. The van der Waals surface area contributed by atoms with Crippen LogP contribution >= 0.6 is 11.3 Å². The van der Waals surface area contributed by atoms with Gasteiger partial charge in [-0.1, -0.05) is 42.5 Å². The number of hydrogen-bond donors (Lipinski definition) is 0. The van der Waals surface area contributed by atoms with Gasteiger partial charge in [0.05, 0.1) is 15.9 Å². The molecule has 0 spiro atoms. The molecule has 3 aliphatic rings. The Balaban J connectivity index is 1.06. The van der Waals surface area contributed by atoms with E-state index in [1.807, 2.05) is 6.07 Å². The number of rotatable bonds is 6. The van der Waals surface area contributed by atoms with Gasteiger partial charge in [-0.3, -0.25) is 9.69 Å². The molecule has 2 aromatic carbocycles.